The summed E-state index contributed by atoms with van der Waals surface area (Å²) >= 11 is 5.83. The fourth-order valence-corrected chi connectivity index (χ4v) is 1.67. The van der Waals surface area contributed by atoms with Gasteiger partial charge in [-0.1, -0.05) is 11.6 Å². The molecule has 0 saturated heterocycles. The Labute approximate surface area is 81.5 Å². The smallest absolute Gasteiger partial charge is 0.122 e. The average Bonchev–Trinajstić information content (AvgIpc) is 2.42. The van der Waals surface area contributed by atoms with Gasteiger partial charge in [0.1, 0.15) is 10.9 Å². The lowest BCUT2D eigenvalue weighted by Crippen LogP contribution is -1.85. The lowest BCUT2D eigenvalue weighted by molar-refractivity contribution is 0.412. The number of methoxy groups -OCH3 is 1. The summed E-state index contributed by atoms with van der Waals surface area (Å²) < 4.78 is 5.21. The monoisotopic (exact) mass is 195 g/mol. The maximum Gasteiger partial charge on any atom is 0.122 e. The number of rotatable bonds is 1. The highest BCUT2D eigenvalue weighted by Gasteiger charge is 2.03. The highest BCUT2D eigenvalue weighted by atomic mass is 35.5. The normalized spacial score (nSPS) is 10.7. The van der Waals surface area contributed by atoms with Gasteiger partial charge < -0.3 is 9.72 Å². The number of hydrogen-bond donors (Lipinski definition) is 1. The summed E-state index contributed by atoms with van der Waals surface area (Å²) in [5.41, 5.74) is 2.15. The first-order valence-electron chi connectivity index (χ1n) is 4.03. The molecule has 0 saturated carbocycles. The molecule has 0 spiro atoms. The number of aromatic amines is 1. The Morgan fingerprint density at radius 3 is 2.77 bits per heavy atom. The van der Waals surface area contributed by atoms with E-state index < -0.39 is 0 Å². The van der Waals surface area contributed by atoms with Crippen LogP contribution in [0.2, 0.25) is 5.15 Å². The quantitative estimate of drug-likeness (QED) is 0.743. The van der Waals surface area contributed by atoms with Gasteiger partial charge in [-0.05, 0) is 30.7 Å². The van der Waals surface area contributed by atoms with Crippen LogP contribution in [0.1, 0.15) is 5.56 Å². The lowest BCUT2D eigenvalue weighted by Gasteiger charge is -2.03. The van der Waals surface area contributed by atoms with Gasteiger partial charge in [0, 0.05) is 10.9 Å². The van der Waals surface area contributed by atoms with Gasteiger partial charge in [-0.2, -0.15) is 0 Å². The zero-order chi connectivity index (χ0) is 9.42. The van der Waals surface area contributed by atoms with Crippen LogP contribution in [-0.2, 0) is 0 Å². The number of H-pyrrole nitrogens is 1. The number of fused-ring (bicyclic) bond motifs is 1. The zero-order valence-electron chi connectivity index (χ0n) is 7.52. The molecule has 1 aromatic heterocycles. The Morgan fingerprint density at radius 2 is 2.08 bits per heavy atom. The van der Waals surface area contributed by atoms with Crippen LogP contribution >= 0.6 is 11.6 Å². The Hall–Kier alpha value is -1.15. The summed E-state index contributed by atoms with van der Waals surface area (Å²) in [5.74, 6) is 0.892. The minimum absolute atomic E-state index is 0.655. The molecule has 0 unspecified atom stereocenters. The Morgan fingerprint density at radius 1 is 1.31 bits per heavy atom. The second kappa shape index (κ2) is 2.96. The van der Waals surface area contributed by atoms with Crippen molar-refractivity contribution in [3.8, 4) is 5.75 Å². The highest BCUT2D eigenvalue weighted by molar-refractivity contribution is 6.30. The molecule has 0 fully saturated rings. The van der Waals surface area contributed by atoms with Gasteiger partial charge in [-0.3, -0.25) is 0 Å². The molecule has 0 radical (unpaired) electrons. The largest absolute Gasteiger partial charge is 0.496 e. The molecule has 2 nitrogen and oxygen atoms in total. The first kappa shape index (κ1) is 8.45. The maximum absolute atomic E-state index is 5.83. The van der Waals surface area contributed by atoms with E-state index in [1.807, 2.05) is 25.1 Å². The van der Waals surface area contributed by atoms with Crippen LogP contribution in [0.3, 0.4) is 0 Å². The van der Waals surface area contributed by atoms with E-state index in [2.05, 4.69) is 4.98 Å². The third-order valence-corrected chi connectivity index (χ3v) is 2.31. The van der Waals surface area contributed by atoms with E-state index in [1.54, 1.807) is 7.11 Å². The van der Waals surface area contributed by atoms with Crippen molar-refractivity contribution in [1.29, 1.82) is 0 Å². The van der Waals surface area contributed by atoms with Crippen molar-refractivity contribution in [3.63, 3.8) is 0 Å². The predicted molar refractivity (Wildman–Crippen MR) is 54.6 cm³/mol. The Bertz CT molecular complexity index is 447. The minimum Gasteiger partial charge on any atom is -0.496 e. The maximum atomic E-state index is 5.83. The van der Waals surface area contributed by atoms with Crippen molar-refractivity contribution in [3.05, 3.63) is 28.9 Å². The molecule has 1 heterocycles. The molecule has 0 amide bonds. The van der Waals surface area contributed by atoms with Crippen molar-refractivity contribution >= 4 is 22.5 Å². The molecule has 0 bridgehead atoms. The highest BCUT2D eigenvalue weighted by Crippen LogP contribution is 2.26. The number of hydrogen-bond acceptors (Lipinski definition) is 1. The van der Waals surface area contributed by atoms with Gasteiger partial charge in [0.15, 0.2) is 0 Å². The van der Waals surface area contributed by atoms with Crippen molar-refractivity contribution in [2.24, 2.45) is 0 Å². The molecular weight excluding hydrogens is 186 g/mol. The summed E-state index contributed by atoms with van der Waals surface area (Å²) in [6, 6.07) is 5.89. The first-order valence-corrected chi connectivity index (χ1v) is 4.41. The van der Waals surface area contributed by atoms with Gasteiger partial charge >= 0.3 is 0 Å². The first-order chi connectivity index (χ1) is 6.20. The van der Waals surface area contributed by atoms with E-state index >= 15 is 0 Å². The van der Waals surface area contributed by atoms with Crippen LogP contribution in [0.5, 0.6) is 5.75 Å². The molecule has 1 aromatic carbocycles. The van der Waals surface area contributed by atoms with Gasteiger partial charge in [-0.25, -0.2) is 0 Å². The zero-order valence-corrected chi connectivity index (χ0v) is 8.27. The van der Waals surface area contributed by atoms with Crippen molar-refractivity contribution < 1.29 is 4.74 Å². The topological polar surface area (TPSA) is 25.0 Å². The SMILES string of the molecule is COc1cc2cc(Cl)[nH]c2cc1C. The van der Waals surface area contributed by atoms with Gasteiger partial charge in [0.25, 0.3) is 0 Å². The number of benzene rings is 1. The summed E-state index contributed by atoms with van der Waals surface area (Å²) in [4.78, 5) is 3.06. The van der Waals surface area contributed by atoms with E-state index in [1.165, 1.54) is 0 Å². The van der Waals surface area contributed by atoms with Gasteiger partial charge in [0.2, 0.25) is 0 Å². The molecule has 1 N–H and O–H groups in total. The molecule has 68 valence electrons. The standard InChI is InChI=1S/C10H10ClNO/c1-6-3-8-7(4-9(6)13-2)5-10(11)12-8/h3-5,12H,1-2H3. The fourth-order valence-electron chi connectivity index (χ4n) is 1.45. The number of halogens is 1. The Kier molecular flexibility index (Phi) is 1.93. The molecular formula is C10H10ClNO. The summed E-state index contributed by atoms with van der Waals surface area (Å²) in [6.07, 6.45) is 0. The molecule has 13 heavy (non-hydrogen) atoms. The number of nitrogens with one attached hydrogen (secondary N) is 1. The summed E-state index contributed by atoms with van der Waals surface area (Å²) in [7, 11) is 1.67. The van der Waals surface area contributed by atoms with Crippen LogP contribution in [0.25, 0.3) is 10.9 Å². The number of aromatic nitrogens is 1. The molecule has 0 aliphatic heterocycles. The third-order valence-electron chi connectivity index (χ3n) is 2.10. The Balaban J connectivity index is 2.72. The van der Waals surface area contributed by atoms with Crippen LogP contribution in [-0.4, -0.2) is 12.1 Å². The van der Waals surface area contributed by atoms with Crippen molar-refractivity contribution in [1.82, 2.24) is 4.98 Å². The van der Waals surface area contributed by atoms with E-state index in [9.17, 15) is 0 Å². The van der Waals surface area contributed by atoms with Gasteiger partial charge in [-0.15, -0.1) is 0 Å². The van der Waals surface area contributed by atoms with Gasteiger partial charge in [0.05, 0.1) is 7.11 Å². The fraction of sp³-hybridized carbons (Fsp3) is 0.200. The third kappa shape index (κ3) is 1.38. The van der Waals surface area contributed by atoms with Crippen LogP contribution in [0.4, 0.5) is 0 Å². The molecule has 0 aliphatic carbocycles. The summed E-state index contributed by atoms with van der Waals surface area (Å²) in [6.45, 7) is 2.01. The van der Waals surface area contributed by atoms with E-state index in [-0.39, 0.29) is 0 Å². The molecule has 0 aliphatic rings. The average molecular weight is 196 g/mol. The molecule has 0 atom stereocenters. The summed E-state index contributed by atoms with van der Waals surface area (Å²) in [5, 5.41) is 1.73. The number of ether oxygens (including phenoxy) is 1. The number of aryl methyl sites for hydroxylation is 1. The van der Waals surface area contributed by atoms with Crippen LogP contribution in [0, 0.1) is 6.92 Å². The van der Waals surface area contributed by atoms with E-state index in [0.29, 0.717) is 5.15 Å². The van der Waals surface area contributed by atoms with E-state index in [0.717, 1.165) is 22.2 Å². The molecule has 3 heteroatoms. The van der Waals surface area contributed by atoms with Crippen LogP contribution < -0.4 is 4.74 Å². The van der Waals surface area contributed by atoms with E-state index in [4.69, 9.17) is 16.3 Å². The molecule has 2 aromatic rings. The van der Waals surface area contributed by atoms with Crippen LogP contribution in [0.15, 0.2) is 18.2 Å². The second-order valence-electron chi connectivity index (χ2n) is 3.03. The second-order valence-corrected chi connectivity index (χ2v) is 3.43. The minimum atomic E-state index is 0.655. The van der Waals surface area contributed by atoms with Crippen molar-refractivity contribution in [2.75, 3.05) is 7.11 Å². The predicted octanol–water partition coefficient (Wildman–Crippen LogP) is 3.14. The lowest BCUT2D eigenvalue weighted by atomic mass is 10.1. The molecule has 2 rings (SSSR count). The van der Waals surface area contributed by atoms with Crippen molar-refractivity contribution in [2.45, 2.75) is 6.92 Å².